The fraction of sp³-hybridized carbons (Fsp3) is 0.867. The summed E-state index contributed by atoms with van der Waals surface area (Å²) in [7, 11) is 0. The molecule has 0 bridgehead atoms. The van der Waals surface area contributed by atoms with Gasteiger partial charge in [-0.2, -0.15) is 0 Å². The molecular formula is C15H24. The predicted molar refractivity (Wildman–Crippen MR) is 64.5 cm³/mol. The zero-order valence-electron chi connectivity index (χ0n) is 10.4. The second-order valence-electron chi connectivity index (χ2n) is 6.89. The van der Waals surface area contributed by atoms with Crippen LogP contribution in [0.15, 0.2) is 12.2 Å². The molecule has 0 aromatic rings. The van der Waals surface area contributed by atoms with Crippen molar-refractivity contribution in [2.45, 2.75) is 46.5 Å². The van der Waals surface area contributed by atoms with Crippen molar-refractivity contribution in [1.82, 2.24) is 0 Å². The second-order valence-corrected chi connectivity index (χ2v) is 6.89. The number of fused-ring (bicyclic) bond motifs is 3. The summed E-state index contributed by atoms with van der Waals surface area (Å²) in [6.45, 7) is 11.8. The summed E-state index contributed by atoms with van der Waals surface area (Å²) < 4.78 is 0. The lowest BCUT2D eigenvalue weighted by Crippen LogP contribution is -2.19. The van der Waals surface area contributed by atoms with Gasteiger partial charge in [0, 0.05) is 0 Å². The van der Waals surface area contributed by atoms with E-state index in [4.69, 9.17) is 0 Å². The molecule has 0 spiro atoms. The van der Waals surface area contributed by atoms with Crippen LogP contribution in [0.5, 0.6) is 0 Å². The third-order valence-electron chi connectivity index (χ3n) is 5.92. The Morgan fingerprint density at radius 3 is 2.67 bits per heavy atom. The SMILES string of the molecule is C=C1CC[C@H]2[C@@H]1[C@H]1[C@@H](CC[C@H]2C)C1(C)C. The van der Waals surface area contributed by atoms with Crippen LogP contribution < -0.4 is 0 Å². The molecule has 3 rings (SSSR count). The van der Waals surface area contributed by atoms with Crippen LogP contribution in [0.2, 0.25) is 0 Å². The van der Waals surface area contributed by atoms with Crippen molar-refractivity contribution in [3.05, 3.63) is 12.2 Å². The molecule has 0 saturated heterocycles. The predicted octanol–water partition coefficient (Wildman–Crippen LogP) is 4.27. The first-order valence-corrected chi connectivity index (χ1v) is 6.71. The van der Waals surface area contributed by atoms with Crippen molar-refractivity contribution in [1.29, 1.82) is 0 Å². The smallest absolute Gasteiger partial charge is 0.0139 e. The fourth-order valence-electron chi connectivity index (χ4n) is 4.87. The van der Waals surface area contributed by atoms with Gasteiger partial charge in [0.2, 0.25) is 0 Å². The topological polar surface area (TPSA) is 0 Å². The minimum atomic E-state index is 0.635. The molecule has 3 aliphatic rings. The Kier molecular flexibility index (Phi) is 1.92. The largest absolute Gasteiger partial charge is 0.0996 e. The van der Waals surface area contributed by atoms with Crippen LogP contribution in [0.4, 0.5) is 0 Å². The first-order chi connectivity index (χ1) is 7.03. The lowest BCUT2D eigenvalue weighted by Gasteiger charge is -2.26. The van der Waals surface area contributed by atoms with E-state index in [1.165, 1.54) is 25.7 Å². The van der Waals surface area contributed by atoms with Crippen LogP contribution in [0.1, 0.15) is 46.5 Å². The third kappa shape index (κ3) is 1.20. The Bertz CT molecular complexity index is 299. The molecule has 84 valence electrons. The van der Waals surface area contributed by atoms with E-state index in [9.17, 15) is 0 Å². The molecule has 0 heteroatoms. The first-order valence-electron chi connectivity index (χ1n) is 6.71. The number of allylic oxidation sites excluding steroid dienone is 1. The zero-order valence-corrected chi connectivity index (χ0v) is 10.4. The highest BCUT2D eigenvalue weighted by atomic mass is 14.7. The van der Waals surface area contributed by atoms with Gasteiger partial charge in [-0.05, 0) is 54.3 Å². The van der Waals surface area contributed by atoms with E-state index in [1.54, 1.807) is 5.57 Å². The van der Waals surface area contributed by atoms with E-state index < -0.39 is 0 Å². The minimum absolute atomic E-state index is 0.635. The van der Waals surface area contributed by atoms with Gasteiger partial charge in [0.15, 0.2) is 0 Å². The van der Waals surface area contributed by atoms with Gasteiger partial charge in [-0.3, -0.25) is 0 Å². The molecule has 3 aliphatic carbocycles. The highest BCUT2D eigenvalue weighted by Gasteiger charge is 2.64. The molecule has 0 heterocycles. The summed E-state index contributed by atoms with van der Waals surface area (Å²) in [5, 5.41) is 0. The lowest BCUT2D eigenvalue weighted by molar-refractivity contribution is 0.252. The first kappa shape index (κ1) is 9.93. The zero-order chi connectivity index (χ0) is 10.8. The van der Waals surface area contributed by atoms with Gasteiger partial charge < -0.3 is 0 Å². The van der Waals surface area contributed by atoms with Gasteiger partial charge in [0.05, 0.1) is 0 Å². The van der Waals surface area contributed by atoms with Crippen molar-refractivity contribution >= 4 is 0 Å². The van der Waals surface area contributed by atoms with E-state index in [2.05, 4.69) is 27.4 Å². The molecule has 0 amide bonds. The van der Waals surface area contributed by atoms with E-state index in [0.29, 0.717) is 5.41 Å². The maximum absolute atomic E-state index is 4.36. The van der Waals surface area contributed by atoms with Crippen LogP contribution in [-0.4, -0.2) is 0 Å². The van der Waals surface area contributed by atoms with Gasteiger partial charge in [0.25, 0.3) is 0 Å². The average molecular weight is 204 g/mol. The van der Waals surface area contributed by atoms with Crippen molar-refractivity contribution in [2.24, 2.45) is 35.0 Å². The Balaban J connectivity index is 1.93. The highest BCUT2D eigenvalue weighted by molar-refractivity contribution is 5.22. The molecule has 0 aromatic heterocycles. The molecule has 0 radical (unpaired) electrons. The van der Waals surface area contributed by atoms with Crippen molar-refractivity contribution in [3.8, 4) is 0 Å². The molecule has 3 fully saturated rings. The highest BCUT2D eigenvalue weighted by Crippen LogP contribution is 2.70. The molecule has 0 N–H and O–H groups in total. The Morgan fingerprint density at radius 1 is 1.20 bits per heavy atom. The van der Waals surface area contributed by atoms with Gasteiger partial charge in [-0.1, -0.05) is 39.3 Å². The number of hydrogen-bond donors (Lipinski definition) is 0. The van der Waals surface area contributed by atoms with E-state index in [1.807, 2.05) is 0 Å². The summed E-state index contributed by atoms with van der Waals surface area (Å²) in [5.74, 6) is 4.84. The van der Waals surface area contributed by atoms with Crippen molar-refractivity contribution < 1.29 is 0 Å². The van der Waals surface area contributed by atoms with Crippen LogP contribution >= 0.6 is 0 Å². The molecular weight excluding hydrogens is 180 g/mol. The van der Waals surface area contributed by atoms with Gasteiger partial charge in [-0.25, -0.2) is 0 Å². The van der Waals surface area contributed by atoms with Crippen molar-refractivity contribution in [2.75, 3.05) is 0 Å². The molecule has 0 unspecified atom stereocenters. The van der Waals surface area contributed by atoms with E-state index in [-0.39, 0.29) is 0 Å². The Labute approximate surface area is 94.1 Å². The Morgan fingerprint density at radius 2 is 1.93 bits per heavy atom. The van der Waals surface area contributed by atoms with Crippen LogP contribution in [0.3, 0.4) is 0 Å². The Hall–Kier alpha value is -0.260. The van der Waals surface area contributed by atoms with Crippen molar-refractivity contribution in [3.63, 3.8) is 0 Å². The van der Waals surface area contributed by atoms with Gasteiger partial charge in [0.1, 0.15) is 0 Å². The van der Waals surface area contributed by atoms with Gasteiger partial charge in [-0.15, -0.1) is 0 Å². The lowest BCUT2D eigenvalue weighted by atomic mass is 9.79. The summed E-state index contributed by atoms with van der Waals surface area (Å²) in [5.41, 5.74) is 2.23. The standard InChI is InChI=1S/C15H24/c1-9-6-8-12-14(15(12,3)4)13-10(2)5-7-11(9)13/h9,11-14H,2,5-8H2,1,3-4H3/t9-,11-,12-,13-,14-/m1/s1. The molecule has 15 heavy (non-hydrogen) atoms. The maximum atomic E-state index is 4.36. The molecule has 3 saturated carbocycles. The van der Waals surface area contributed by atoms with Crippen LogP contribution in [-0.2, 0) is 0 Å². The third-order valence-corrected chi connectivity index (χ3v) is 5.92. The van der Waals surface area contributed by atoms with Gasteiger partial charge >= 0.3 is 0 Å². The second kappa shape index (κ2) is 2.90. The van der Waals surface area contributed by atoms with Crippen LogP contribution in [0.25, 0.3) is 0 Å². The maximum Gasteiger partial charge on any atom is -0.0139 e. The van der Waals surface area contributed by atoms with E-state index in [0.717, 1.165) is 29.6 Å². The molecule has 5 atom stereocenters. The number of rotatable bonds is 0. The average Bonchev–Trinajstić information content (AvgIpc) is 2.55. The van der Waals surface area contributed by atoms with Crippen LogP contribution in [0, 0.1) is 35.0 Å². The quantitative estimate of drug-likeness (QED) is 0.517. The molecule has 0 aromatic carbocycles. The summed E-state index contributed by atoms with van der Waals surface area (Å²) in [6.07, 6.45) is 5.71. The fourth-order valence-corrected chi connectivity index (χ4v) is 4.87. The summed E-state index contributed by atoms with van der Waals surface area (Å²) in [4.78, 5) is 0. The summed E-state index contributed by atoms with van der Waals surface area (Å²) in [6, 6.07) is 0. The molecule has 0 nitrogen and oxygen atoms in total. The monoisotopic (exact) mass is 204 g/mol. The summed E-state index contributed by atoms with van der Waals surface area (Å²) >= 11 is 0. The normalized spacial score (nSPS) is 51.9. The number of hydrogen-bond acceptors (Lipinski definition) is 0. The minimum Gasteiger partial charge on any atom is -0.0996 e. The molecule has 0 aliphatic heterocycles. The van der Waals surface area contributed by atoms with E-state index >= 15 is 0 Å².